The van der Waals surface area contributed by atoms with Gasteiger partial charge in [0.1, 0.15) is 6.07 Å². The van der Waals surface area contributed by atoms with Crippen molar-refractivity contribution in [2.45, 2.75) is 5.33 Å². The summed E-state index contributed by atoms with van der Waals surface area (Å²) in [6.45, 7) is 0. The maximum Gasteiger partial charge on any atom is 0.101 e. The fraction of sp³-hybridized carbons (Fsp3) is 0.100. The molecular weight excluding hydrogens is 326 g/mol. The Bertz CT molecular complexity index is 525. The third-order valence-corrected chi connectivity index (χ3v) is 4.57. The Kier molecular flexibility index (Phi) is 2.91. The Morgan fingerprint density at radius 1 is 1.43 bits per heavy atom. The summed E-state index contributed by atoms with van der Waals surface area (Å²) in [5, 5.41) is 12.9. The zero-order valence-corrected chi connectivity index (χ0v) is 11.0. The van der Waals surface area contributed by atoms with Gasteiger partial charge < -0.3 is 0 Å². The van der Waals surface area contributed by atoms with Crippen LogP contribution in [0.15, 0.2) is 22.0 Å². The minimum Gasteiger partial charge on any atom is -0.192 e. The Morgan fingerprint density at radius 2 is 2.21 bits per heavy atom. The van der Waals surface area contributed by atoms with Crippen LogP contribution >= 0.6 is 43.2 Å². The molecule has 0 atom stereocenters. The van der Waals surface area contributed by atoms with Gasteiger partial charge in [0.05, 0.1) is 10.3 Å². The van der Waals surface area contributed by atoms with Gasteiger partial charge in [-0.3, -0.25) is 0 Å². The number of rotatable bonds is 1. The topological polar surface area (TPSA) is 23.8 Å². The molecule has 4 heteroatoms. The van der Waals surface area contributed by atoms with E-state index >= 15 is 0 Å². The molecule has 1 nitrogen and oxygen atoms in total. The van der Waals surface area contributed by atoms with Crippen LogP contribution in [-0.4, -0.2) is 0 Å². The fourth-order valence-corrected chi connectivity index (χ4v) is 3.65. The zero-order valence-electron chi connectivity index (χ0n) is 7.05. The summed E-state index contributed by atoms with van der Waals surface area (Å²) in [4.78, 5) is 0. The largest absolute Gasteiger partial charge is 0.192 e. The number of thiophene rings is 1. The van der Waals surface area contributed by atoms with Gasteiger partial charge in [-0.2, -0.15) is 5.26 Å². The second-order valence-corrected chi connectivity index (χ2v) is 5.10. The van der Waals surface area contributed by atoms with Crippen molar-refractivity contribution in [3.63, 3.8) is 0 Å². The number of halogens is 2. The summed E-state index contributed by atoms with van der Waals surface area (Å²) >= 11 is 8.55. The Labute approximate surface area is 103 Å². The molecule has 2 aromatic rings. The molecule has 0 spiro atoms. The van der Waals surface area contributed by atoms with Gasteiger partial charge >= 0.3 is 0 Å². The first-order chi connectivity index (χ1) is 6.77. The molecule has 0 saturated heterocycles. The lowest BCUT2D eigenvalue weighted by molar-refractivity contribution is 1.47. The number of fused-ring (bicyclic) bond motifs is 1. The first kappa shape index (κ1) is 10.2. The normalized spacial score (nSPS) is 10.4. The van der Waals surface area contributed by atoms with Crippen molar-refractivity contribution in [2.24, 2.45) is 0 Å². The average Bonchev–Trinajstić information content (AvgIpc) is 2.60. The highest BCUT2D eigenvalue weighted by Crippen LogP contribution is 2.35. The lowest BCUT2D eigenvalue weighted by Crippen LogP contribution is -1.82. The fourth-order valence-electron chi connectivity index (χ4n) is 1.38. The van der Waals surface area contributed by atoms with Gasteiger partial charge in [0.15, 0.2) is 0 Å². The van der Waals surface area contributed by atoms with E-state index in [1.54, 1.807) is 11.3 Å². The van der Waals surface area contributed by atoms with Gasteiger partial charge in [-0.05, 0) is 27.6 Å². The van der Waals surface area contributed by atoms with E-state index in [2.05, 4.69) is 37.9 Å². The summed E-state index contributed by atoms with van der Waals surface area (Å²) < 4.78 is 2.14. The van der Waals surface area contributed by atoms with Crippen LogP contribution in [0.4, 0.5) is 0 Å². The number of hydrogen-bond donors (Lipinski definition) is 0. The second kappa shape index (κ2) is 4.01. The summed E-state index contributed by atoms with van der Waals surface area (Å²) in [5.41, 5.74) is 1.97. The predicted molar refractivity (Wildman–Crippen MR) is 66.9 cm³/mol. The maximum absolute atomic E-state index is 8.94. The van der Waals surface area contributed by atoms with E-state index in [4.69, 9.17) is 5.26 Å². The van der Waals surface area contributed by atoms with E-state index in [0.717, 1.165) is 25.5 Å². The standard InChI is InChI=1S/C10H5Br2NS/c11-3-6-1-2-7(4-13)10-9(6)8(12)5-14-10/h1-2,5H,3H2. The van der Waals surface area contributed by atoms with Crippen molar-refractivity contribution in [1.29, 1.82) is 5.26 Å². The highest BCUT2D eigenvalue weighted by molar-refractivity contribution is 9.10. The lowest BCUT2D eigenvalue weighted by Gasteiger charge is -2.00. The molecule has 0 aliphatic heterocycles. The van der Waals surface area contributed by atoms with Crippen molar-refractivity contribution in [2.75, 3.05) is 0 Å². The highest BCUT2D eigenvalue weighted by atomic mass is 79.9. The molecule has 0 fully saturated rings. The Morgan fingerprint density at radius 3 is 2.86 bits per heavy atom. The van der Waals surface area contributed by atoms with Gasteiger partial charge in [-0.1, -0.05) is 22.0 Å². The average molecular weight is 331 g/mol. The Hall–Kier alpha value is -0.370. The van der Waals surface area contributed by atoms with Gasteiger partial charge in [0, 0.05) is 20.6 Å². The summed E-state index contributed by atoms with van der Waals surface area (Å²) in [5.74, 6) is 0. The summed E-state index contributed by atoms with van der Waals surface area (Å²) in [7, 11) is 0. The first-order valence-electron chi connectivity index (χ1n) is 3.92. The molecule has 1 heterocycles. The molecule has 70 valence electrons. The number of alkyl halides is 1. The van der Waals surface area contributed by atoms with Crippen molar-refractivity contribution in [3.05, 3.63) is 33.1 Å². The molecule has 0 bridgehead atoms. The molecule has 0 aliphatic carbocycles. The number of hydrogen-bond acceptors (Lipinski definition) is 2. The number of nitriles is 1. The lowest BCUT2D eigenvalue weighted by atomic mass is 10.1. The Balaban J connectivity index is 2.89. The van der Waals surface area contributed by atoms with Crippen LogP contribution in [0.3, 0.4) is 0 Å². The molecule has 2 rings (SSSR count). The van der Waals surface area contributed by atoms with E-state index in [-0.39, 0.29) is 0 Å². The van der Waals surface area contributed by atoms with Crippen LogP contribution < -0.4 is 0 Å². The van der Waals surface area contributed by atoms with E-state index in [0.29, 0.717) is 0 Å². The number of nitrogens with zero attached hydrogens (tertiary/aromatic N) is 1. The summed E-state index contributed by atoms with van der Waals surface area (Å²) in [6.07, 6.45) is 0. The molecule has 1 aromatic heterocycles. The van der Waals surface area contributed by atoms with E-state index < -0.39 is 0 Å². The predicted octanol–water partition coefficient (Wildman–Crippen LogP) is 4.43. The molecular formula is C10H5Br2NS. The highest BCUT2D eigenvalue weighted by Gasteiger charge is 2.09. The quantitative estimate of drug-likeness (QED) is 0.709. The minimum atomic E-state index is 0.750. The molecule has 0 radical (unpaired) electrons. The molecule has 0 N–H and O–H groups in total. The SMILES string of the molecule is N#Cc1ccc(CBr)c2c(Br)csc12. The van der Waals surface area contributed by atoms with Crippen LogP contribution in [0.2, 0.25) is 0 Å². The molecule has 0 aliphatic rings. The monoisotopic (exact) mass is 329 g/mol. The smallest absolute Gasteiger partial charge is 0.101 e. The van der Waals surface area contributed by atoms with Gasteiger partial charge in [-0.25, -0.2) is 0 Å². The van der Waals surface area contributed by atoms with Crippen molar-refractivity contribution in [3.8, 4) is 6.07 Å². The van der Waals surface area contributed by atoms with Crippen molar-refractivity contribution in [1.82, 2.24) is 0 Å². The van der Waals surface area contributed by atoms with Crippen molar-refractivity contribution >= 4 is 53.3 Å². The molecule has 1 aromatic carbocycles. The third-order valence-electron chi connectivity index (χ3n) is 2.03. The number of benzene rings is 1. The summed E-state index contributed by atoms with van der Waals surface area (Å²) in [6, 6.07) is 6.08. The second-order valence-electron chi connectivity index (χ2n) is 2.81. The van der Waals surface area contributed by atoms with E-state index in [1.165, 1.54) is 5.56 Å². The molecule has 0 amide bonds. The minimum absolute atomic E-state index is 0.750. The van der Waals surface area contributed by atoms with E-state index in [1.807, 2.05) is 17.5 Å². The van der Waals surface area contributed by atoms with Gasteiger partial charge in [-0.15, -0.1) is 11.3 Å². The van der Waals surface area contributed by atoms with Crippen LogP contribution in [0.1, 0.15) is 11.1 Å². The van der Waals surface area contributed by atoms with E-state index in [9.17, 15) is 0 Å². The van der Waals surface area contributed by atoms with Crippen LogP contribution in [-0.2, 0) is 5.33 Å². The van der Waals surface area contributed by atoms with Crippen molar-refractivity contribution < 1.29 is 0 Å². The van der Waals surface area contributed by atoms with Crippen LogP contribution in [0.25, 0.3) is 10.1 Å². The van der Waals surface area contributed by atoms with Gasteiger partial charge in [0.2, 0.25) is 0 Å². The zero-order chi connectivity index (χ0) is 10.1. The third kappa shape index (κ3) is 1.50. The van der Waals surface area contributed by atoms with Gasteiger partial charge in [0.25, 0.3) is 0 Å². The molecule has 0 saturated carbocycles. The van der Waals surface area contributed by atoms with Crippen LogP contribution in [0, 0.1) is 11.3 Å². The first-order valence-corrected chi connectivity index (χ1v) is 6.72. The molecule has 0 unspecified atom stereocenters. The maximum atomic E-state index is 8.94. The molecule has 14 heavy (non-hydrogen) atoms. The van der Waals surface area contributed by atoms with Crippen LogP contribution in [0.5, 0.6) is 0 Å².